The number of nitrogens with zero attached hydrogens (tertiary/aromatic N) is 3. The maximum absolute atomic E-state index is 14.1. The molecule has 2 atom stereocenters. The van der Waals surface area contributed by atoms with Crippen LogP contribution < -0.4 is 0 Å². The number of fused-ring (bicyclic) bond motifs is 1. The third-order valence-electron chi connectivity index (χ3n) is 6.46. The van der Waals surface area contributed by atoms with E-state index in [0.29, 0.717) is 23.0 Å². The molecule has 3 fully saturated rings. The van der Waals surface area contributed by atoms with Crippen LogP contribution in [-0.2, 0) is 9.53 Å². The first-order chi connectivity index (χ1) is 15.3. The second-order valence-electron chi connectivity index (χ2n) is 8.33. The fraction of sp³-hybridized carbons (Fsp3) is 0.409. The van der Waals surface area contributed by atoms with Crippen molar-refractivity contribution in [1.29, 1.82) is 0 Å². The molecule has 3 saturated heterocycles. The van der Waals surface area contributed by atoms with Crippen molar-refractivity contribution in [3.05, 3.63) is 63.6 Å². The number of amides is 2. The van der Waals surface area contributed by atoms with Crippen molar-refractivity contribution in [2.24, 2.45) is 0 Å². The molecule has 10 heteroatoms. The number of carbonyl (C=O) groups is 2. The van der Waals surface area contributed by atoms with E-state index >= 15 is 0 Å². The van der Waals surface area contributed by atoms with Crippen LogP contribution in [-0.4, -0.2) is 51.5 Å². The van der Waals surface area contributed by atoms with Crippen LogP contribution >= 0.6 is 15.9 Å². The summed E-state index contributed by atoms with van der Waals surface area (Å²) in [7, 11) is 0. The fourth-order valence-corrected chi connectivity index (χ4v) is 5.24. The van der Waals surface area contributed by atoms with E-state index < -0.39 is 41.2 Å². The maximum Gasteiger partial charge on any atom is 0.275 e. The lowest BCUT2D eigenvalue weighted by atomic mass is 9.89. The lowest BCUT2D eigenvalue weighted by molar-refractivity contribution is -0.142. The van der Waals surface area contributed by atoms with Crippen LogP contribution in [0.25, 0.3) is 0 Å². The number of likely N-dealkylation sites (tertiary alicyclic amines) is 1. The predicted octanol–water partition coefficient (Wildman–Crippen LogP) is 3.96. The molecule has 0 radical (unpaired) electrons. The topological polar surface area (TPSA) is 62.7 Å². The summed E-state index contributed by atoms with van der Waals surface area (Å²) in [6, 6.07) is 5.41. The van der Waals surface area contributed by atoms with Gasteiger partial charge in [-0.2, -0.15) is 0 Å². The number of hydrogen-bond acceptors (Lipinski definition) is 4. The first-order valence-electron chi connectivity index (χ1n) is 10.4. The summed E-state index contributed by atoms with van der Waals surface area (Å²) >= 11 is 3.14. The normalized spacial score (nSPS) is 24.3. The highest BCUT2D eigenvalue weighted by molar-refractivity contribution is 9.10. The molecule has 1 spiro atoms. The van der Waals surface area contributed by atoms with Crippen molar-refractivity contribution in [3.8, 4) is 0 Å². The van der Waals surface area contributed by atoms with Crippen LogP contribution in [0.5, 0.6) is 0 Å². The molecular weight excluding hydrogens is 491 g/mol. The zero-order valence-corrected chi connectivity index (χ0v) is 18.4. The number of piperidine rings is 1. The minimum Gasteiger partial charge on any atom is -0.342 e. The second kappa shape index (κ2) is 7.84. The molecular formula is C22H19BrF3N3O3. The van der Waals surface area contributed by atoms with E-state index in [1.165, 1.54) is 29.2 Å². The Labute approximate surface area is 190 Å². The van der Waals surface area contributed by atoms with Gasteiger partial charge in [-0.3, -0.25) is 9.59 Å². The van der Waals surface area contributed by atoms with Crippen LogP contribution in [0.2, 0.25) is 0 Å². The first kappa shape index (κ1) is 21.4. The van der Waals surface area contributed by atoms with Crippen molar-refractivity contribution in [2.75, 3.05) is 13.1 Å². The molecule has 6 nitrogen and oxygen atoms in total. The Hall–Kier alpha value is -2.46. The minimum absolute atomic E-state index is 0.206. The number of carbonyl (C=O) groups excluding carboxylic acids is 2. The van der Waals surface area contributed by atoms with Crippen LogP contribution in [0, 0.1) is 17.5 Å². The van der Waals surface area contributed by atoms with Crippen LogP contribution in [0.4, 0.5) is 13.2 Å². The number of pyridine rings is 1. The summed E-state index contributed by atoms with van der Waals surface area (Å²) in [5.74, 6) is -2.86. The Morgan fingerprint density at radius 3 is 2.47 bits per heavy atom. The van der Waals surface area contributed by atoms with Gasteiger partial charge in [0.2, 0.25) is 0 Å². The van der Waals surface area contributed by atoms with Gasteiger partial charge in [0.1, 0.15) is 22.5 Å². The van der Waals surface area contributed by atoms with Gasteiger partial charge < -0.3 is 14.5 Å². The van der Waals surface area contributed by atoms with Gasteiger partial charge >= 0.3 is 0 Å². The molecule has 2 unspecified atom stereocenters. The second-order valence-corrected chi connectivity index (χ2v) is 9.14. The molecule has 0 saturated carbocycles. The van der Waals surface area contributed by atoms with Gasteiger partial charge in [0, 0.05) is 32.0 Å². The molecule has 3 aliphatic heterocycles. The van der Waals surface area contributed by atoms with Gasteiger partial charge in [0.25, 0.3) is 11.8 Å². The average molecular weight is 510 g/mol. The molecule has 2 aromatic rings. The van der Waals surface area contributed by atoms with Gasteiger partial charge in [0.15, 0.2) is 17.1 Å². The highest BCUT2D eigenvalue weighted by Crippen LogP contribution is 2.47. The summed E-state index contributed by atoms with van der Waals surface area (Å²) in [6.45, 7) is 0.413. The van der Waals surface area contributed by atoms with Crippen molar-refractivity contribution in [3.63, 3.8) is 0 Å². The first-order valence-corrected chi connectivity index (χ1v) is 11.1. The van der Waals surface area contributed by atoms with Crippen molar-refractivity contribution in [2.45, 2.75) is 43.6 Å². The largest absolute Gasteiger partial charge is 0.342 e. The van der Waals surface area contributed by atoms with Gasteiger partial charge in [-0.05, 0) is 58.6 Å². The maximum atomic E-state index is 14.1. The number of hydrogen-bond donors (Lipinski definition) is 0. The molecule has 4 heterocycles. The summed E-state index contributed by atoms with van der Waals surface area (Å²) in [4.78, 5) is 33.1. The van der Waals surface area contributed by atoms with Gasteiger partial charge in [-0.1, -0.05) is 0 Å². The Kier molecular flexibility index (Phi) is 5.24. The van der Waals surface area contributed by atoms with E-state index in [9.17, 15) is 22.8 Å². The lowest BCUT2D eigenvalue weighted by Crippen LogP contribution is -2.51. The summed E-state index contributed by atoms with van der Waals surface area (Å²) in [5, 5.41) is 0. The zero-order chi connectivity index (χ0) is 22.6. The molecule has 0 N–H and O–H groups in total. The number of ether oxygens (including phenoxy) is 1. The van der Waals surface area contributed by atoms with Crippen molar-refractivity contribution < 1.29 is 27.5 Å². The van der Waals surface area contributed by atoms with E-state index in [1.807, 2.05) is 0 Å². The van der Waals surface area contributed by atoms with E-state index in [4.69, 9.17) is 4.74 Å². The Balaban J connectivity index is 1.32. The Morgan fingerprint density at radius 2 is 1.78 bits per heavy atom. The van der Waals surface area contributed by atoms with Crippen LogP contribution in [0.1, 0.15) is 47.8 Å². The third-order valence-corrected chi connectivity index (χ3v) is 6.90. The minimum atomic E-state index is -1.09. The summed E-state index contributed by atoms with van der Waals surface area (Å²) < 4.78 is 48.1. The van der Waals surface area contributed by atoms with E-state index in [1.54, 1.807) is 4.90 Å². The van der Waals surface area contributed by atoms with Gasteiger partial charge in [-0.25, -0.2) is 18.2 Å². The molecule has 32 heavy (non-hydrogen) atoms. The summed E-state index contributed by atoms with van der Waals surface area (Å²) in [5.41, 5.74) is -0.958. The van der Waals surface area contributed by atoms with E-state index in [0.717, 1.165) is 6.07 Å². The highest BCUT2D eigenvalue weighted by Gasteiger charge is 2.58. The van der Waals surface area contributed by atoms with Crippen molar-refractivity contribution in [1.82, 2.24) is 14.8 Å². The SMILES string of the molecule is O=C(c1nc(Br)ccc1F)N1CCC2(CC1)OC1CCC(c3cc(F)cc(F)c3)N1C2=O. The quantitative estimate of drug-likeness (QED) is 0.575. The molecule has 5 rings (SSSR count). The average Bonchev–Trinajstić information content (AvgIpc) is 3.27. The van der Waals surface area contributed by atoms with Crippen LogP contribution in [0.3, 0.4) is 0 Å². The lowest BCUT2D eigenvalue weighted by Gasteiger charge is -2.37. The smallest absolute Gasteiger partial charge is 0.275 e. The fourth-order valence-electron chi connectivity index (χ4n) is 4.93. The molecule has 1 aromatic carbocycles. The molecule has 0 aliphatic carbocycles. The Morgan fingerprint density at radius 1 is 1.09 bits per heavy atom. The third kappa shape index (κ3) is 3.49. The zero-order valence-electron chi connectivity index (χ0n) is 16.9. The van der Waals surface area contributed by atoms with E-state index in [-0.39, 0.29) is 37.5 Å². The van der Waals surface area contributed by atoms with Gasteiger partial charge in [0.05, 0.1) is 6.04 Å². The molecule has 0 bridgehead atoms. The molecule has 1 aromatic heterocycles. The number of halogens is 4. The predicted molar refractivity (Wildman–Crippen MR) is 110 cm³/mol. The van der Waals surface area contributed by atoms with Crippen molar-refractivity contribution >= 4 is 27.7 Å². The molecule has 2 amide bonds. The van der Waals surface area contributed by atoms with E-state index in [2.05, 4.69) is 20.9 Å². The Bertz CT molecular complexity index is 1090. The highest BCUT2D eigenvalue weighted by atomic mass is 79.9. The number of rotatable bonds is 2. The standard InChI is InChI=1S/C22H19BrF3N3O3/c23-17-3-1-15(26)19(27-17)20(30)28-7-5-22(6-8-28)21(31)29-16(2-4-18(29)32-22)12-9-13(24)11-14(25)10-12/h1,3,9-11,16,18H,2,4-8H2. The van der Waals surface area contributed by atoms with Crippen LogP contribution in [0.15, 0.2) is 34.9 Å². The number of aromatic nitrogens is 1. The number of benzene rings is 1. The monoisotopic (exact) mass is 509 g/mol. The summed E-state index contributed by atoms with van der Waals surface area (Å²) in [6.07, 6.45) is 1.15. The molecule has 3 aliphatic rings. The van der Waals surface area contributed by atoms with Gasteiger partial charge in [-0.15, -0.1) is 0 Å². The molecule has 168 valence electrons.